The van der Waals surface area contributed by atoms with Crippen molar-refractivity contribution in [3.05, 3.63) is 35.7 Å². The number of nitrogens with zero attached hydrogens (tertiary/aromatic N) is 3. The Balaban J connectivity index is 1.50. The normalized spacial score (nSPS) is 24.4. The van der Waals surface area contributed by atoms with E-state index in [2.05, 4.69) is 15.0 Å². The van der Waals surface area contributed by atoms with Crippen molar-refractivity contribution in [2.24, 2.45) is 0 Å². The average Bonchev–Trinajstić information content (AvgIpc) is 3.10. The average molecular weight is 367 g/mol. The van der Waals surface area contributed by atoms with Gasteiger partial charge in [0, 0.05) is 18.2 Å². The lowest BCUT2D eigenvalue weighted by molar-refractivity contribution is -0.137. The minimum absolute atomic E-state index is 0.180. The summed E-state index contributed by atoms with van der Waals surface area (Å²) >= 11 is 0. The lowest BCUT2D eigenvalue weighted by atomic mass is 9.90. The Morgan fingerprint density at radius 3 is 2.88 bits per heavy atom. The van der Waals surface area contributed by atoms with Crippen molar-refractivity contribution in [1.82, 2.24) is 15.0 Å². The fraction of sp³-hybridized carbons (Fsp3) is 0.556. The van der Waals surface area contributed by atoms with Gasteiger partial charge >= 0.3 is 6.18 Å². The van der Waals surface area contributed by atoms with E-state index in [9.17, 15) is 13.2 Å². The first kappa shape index (κ1) is 17.5. The molecule has 2 atom stereocenters. The van der Waals surface area contributed by atoms with Crippen LogP contribution in [0.25, 0.3) is 11.4 Å². The number of halogens is 3. The maximum absolute atomic E-state index is 12.9. The molecule has 1 aliphatic carbocycles. The van der Waals surface area contributed by atoms with Crippen molar-refractivity contribution in [2.45, 2.75) is 50.6 Å². The van der Waals surface area contributed by atoms with E-state index in [1.165, 1.54) is 18.9 Å². The van der Waals surface area contributed by atoms with Gasteiger partial charge in [-0.2, -0.15) is 18.2 Å². The second kappa shape index (κ2) is 7.00. The molecule has 26 heavy (non-hydrogen) atoms. The largest absolute Gasteiger partial charge is 0.416 e. The fourth-order valence-corrected chi connectivity index (χ4v) is 3.82. The van der Waals surface area contributed by atoms with E-state index in [-0.39, 0.29) is 11.9 Å². The van der Waals surface area contributed by atoms with Crippen LogP contribution in [0.2, 0.25) is 0 Å². The highest BCUT2D eigenvalue weighted by Crippen LogP contribution is 2.32. The third kappa shape index (κ3) is 3.61. The molecule has 1 aromatic heterocycles. The first-order chi connectivity index (χ1) is 12.5. The van der Waals surface area contributed by atoms with E-state index >= 15 is 0 Å². The maximum Gasteiger partial charge on any atom is 0.416 e. The summed E-state index contributed by atoms with van der Waals surface area (Å²) in [5.41, 5.74) is -0.424. The number of alkyl halides is 3. The van der Waals surface area contributed by atoms with Gasteiger partial charge in [-0.1, -0.05) is 30.1 Å². The van der Waals surface area contributed by atoms with E-state index in [4.69, 9.17) is 9.26 Å². The molecule has 1 aromatic carbocycles. The second-order valence-electron chi connectivity index (χ2n) is 6.82. The molecule has 1 saturated carbocycles. The summed E-state index contributed by atoms with van der Waals surface area (Å²) in [6.45, 7) is 1.97. The van der Waals surface area contributed by atoms with Gasteiger partial charge < -0.3 is 9.26 Å². The van der Waals surface area contributed by atoms with Crippen LogP contribution in [0.4, 0.5) is 13.2 Å². The highest BCUT2D eigenvalue weighted by molar-refractivity contribution is 5.55. The van der Waals surface area contributed by atoms with Crippen LogP contribution in [-0.4, -0.2) is 40.3 Å². The Bertz CT molecular complexity index is 760. The van der Waals surface area contributed by atoms with Crippen LogP contribution in [0.15, 0.2) is 28.8 Å². The molecule has 0 bridgehead atoms. The van der Waals surface area contributed by atoms with Gasteiger partial charge in [0.25, 0.3) is 0 Å². The Morgan fingerprint density at radius 1 is 1.19 bits per heavy atom. The molecule has 2 unspecified atom stereocenters. The van der Waals surface area contributed by atoms with Crippen molar-refractivity contribution < 1.29 is 22.4 Å². The number of aromatic nitrogens is 2. The summed E-state index contributed by atoms with van der Waals surface area (Å²) in [7, 11) is 0. The summed E-state index contributed by atoms with van der Waals surface area (Å²) < 4.78 is 49.8. The molecule has 8 heteroatoms. The lowest BCUT2D eigenvalue weighted by Gasteiger charge is -2.43. The predicted octanol–water partition coefficient (Wildman–Crippen LogP) is 3.90. The molecule has 1 saturated heterocycles. The van der Waals surface area contributed by atoms with Crippen LogP contribution in [0, 0.1) is 0 Å². The molecule has 0 spiro atoms. The molecular formula is C18H20F3N3O2. The minimum Gasteiger partial charge on any atom is -0.375 e. The van der Waals surface area contributed by atoms with Crippen LogP contribution < -0.4 is 0 Å². The molecule has 2 heterocycles. The fourth-order valence-electron chi connectivity index (χ4n) is 3.82. The van der Waals surface area contributed by atoms with Crippen LogP contribution >= 0.6 is 0 Å². The highest BCUT2D eigenvalue weighted by atomic mass is 19.4. The molecule has 4 rings (SSSR count). The van der Waals surface area contributed by atoms with Gasteiger partial charge in [0.2, 0.25) is 11.7 Å². The summed E-state index contributed by atoms with van der Waals surface area (Å²) in [5.74, 6) is 0.600. The van der Waals surface area contributed by atoms with Crippen LogP contribution in [0.3, 0.4) is 0 Å². The molecule has 2 aromatic rings. The lowest BCUT2D eigenvalue weighted by Crippen LogP contribution is -2.52. The number of rotatable bonds is 3. The van der Waals surface area contributed by atoms with Crippen LogP contribution in [0.5, 0.6) is 0 Å². The Hall–Kier alpha value is -1.93. The highest BCUT2D eigenvalue weighted by Gasteiger charge is 2.35. The van der Waals surface area contributed by atoms with Crippen molar-refractivity contribution >= 4 is 0 Å². The number of ether oxygens (including phenoxy) is 1. The Kier molecular flexibility index (Phi) is 4.71. The predicted molar refractivity (Wildman–Crippen MR) is 87.1 cm³/mol. The van der Waals surface area contributed by atoms with Gasteiger partial charge in [-0.05, 0) is 25.0 Å². The first-order valence-corrected chi connectivity index (χ1v) is 8.86. The molecule has 1 aliphatic heterocycles. The van der Waals surface area contributed by atoms with E-state index in [0.29, 0.717) is 30.6 Å². The maximum atomic E-state index is 12.9. The van der Waals surface area contributed by atoms with Crippen molar-refractivity contribution in [1.29, 1.82) is 0 Å². The van der Waals surface area contributed by atoms with E-state index in [1.54, 1.807) is 6.07 Å². The summed E-state index contributed by atoms with van der Waals surface area (Å²) in [6.07, 6.45) is 0.380. The molecule has 2 fully saturated rings. The van der Waals surface area contributed by atoms with Gasteiger partial charge in [0.15, 0.2) is 0 Å². The van der Waals surface area contributed by atoms with E-state index in [0.717, 1.165) is 31.5 Å². The van der Waals surface area contributed by atoms with Crippen molar-refractivity contribution in [3.63, 3.8) is 0 Å². The zero-order valence-corrected chi connectivity index (χ0v) is 14.2. The molecule has 0 N–H and O–H groups in total. The summed E-state index contributed by atoms with van der Waals surface area (Å²) in [5, 5.41) is 3.87. The third-order valence-corrected chi connectivity index (χ3v) is 5.10. The Labute approximate surface area is 149 Å². The minimum atomic E-state index is -4.40. The number of hydrogen-bond acceptors (Lipinski definition) is 5. The molecule has 0 amide bonds. The van der Waals surface area contributed by atoms with Crippen molar-refractivity contribution in [3.8, 4) is 11.4 Å². The quantitative estimate of drug-likeness (QED) is 0.824. The summed E-state index contributed by atoms with van der Waals surface area (Å²) in [6, 6.07) is 5.32. The topological polar surface area (TPSA) is 51.4 Å². The molecule has 5 nitrogen and oxygen atoms in total. The SMILES string of the molecule is FC(F)(F)c1cccc(-c2noc(CN3CCOC4CCCCC43)n2)c1. The van der Waals surface area contributed by atoms with E-state index < -0.39 is 11.7 Å². The number of fused-ring (bicyclic) bond motifs is 1. The number of morpholine rings is 1. The van der Waals surface area contributed by atoms with Gasteiger partial charge in [-0.15, -0.1) is 0 Å². The number of hydrogen-bond donors (Lipinski definition) is 0. The van der Waals surface area contributed by atoms with Crippen LogP contribution in [0.1, 0.15) is 37.1 Å². The zero-order valence-electron chi connectivity index (χ0n) is 14.2. The van der Waals surface area contributed by atoms with Crippen LogP contribution in [-0.2, 0) is 17.5 Å². The zero-order chi connectivity index (χ0) is 18.1. The molecular weight excluding hydrogens is 347 g/mol. The molecule has 2 aliphatic rings. The molecule has 0 radical (unpaired) electrons. The van der Waals surface area contributed by atoms with Gasteiger partial charge in [0.05, 0.1) is 24.8 Å². The van der Waals surface area contributed by atoms with Gasteiger partial charge in [0.1, 0.15) is 0 Å². The second-order valence-corrected chi connectivity index (χ2v) is 6.82. The van der Waals surface area contributed by atoms with E-state index in [1.807, 2.05) is 0 Å². The molecule has 140 valence electrons. The number of benzene rings is 1. The van der Waals surface area contributed by atoms with Crippen molar-refractivity contribution in [2.75, 3.05) is 13.2 Å². The van der Waals surface area contributed by atoms with Gasteiger partial charge in [-0.3, -0.25) is 4.90 Å². The smallest absolute Gasteiger partial charge is 0.375 e. The third-order valence-electron chi connectivity index (χ3n) is 5.10. The first-order valence-electron chi connectivity index (χ1n) is 8.86. The van der Waals surface area contributed by atoms with Gasteiger partial charge in [-0.25, -0.2) is 0 Å². The summed E-state index contributed by atoms with van der Waals surface area (Å²) in [4.78, 5) is 6.60. The monoisotopic (exact) mass is 367 g/mol. The standard InChI is InChI=1S/C18H20F3N3O2/c19-18(20,21)13-5-3-4-12(10-13)17-22-16(26-23-17)11-24-8-9-25-15-7-2-1-6-14(15)24/h3-5,10,14-15H,1-2,6-9,11H2. The Morgan fingerprint density at radius 2 is 2.04 bits per heavy atom.